The molecule has 0 radical (unpaired) electrons. The van der Waals surface area contributed by atoms with Gasteiger partial charge in [-0.2, -0.15) is 0 Å². The number of carbonyl (C=O) groups excluding carboxylic acids is 2. The molecule has 4 N–H and O–H groups in total. The fraction of sp³-hybridized carbons (Fsp3) is 0.429. The first-order chi connectivity index (χ1) is 8.93. The van der Waals surface area contributed by atoms with E-state index in [1.807, 2.05) is 29.6 Å². The van der Waals surface area contributed by atoms with E-state index in [0.29, 0.717) is 5.92 Å². The van der Waals surface area contributed by atoms with E-state index in [2.05, 4.69) is 19.2 Å². The van der Waals surface area contributed by atoms with E-state index in [1.165, 1.54) is 5.56 Å². The zero-order valence-corrected chi connectivity index (χ0v) is 11.6. The first-order valence-corrected chi connectivity index (χ1v) is 6.40. The standard InChI is InChI=1S/C14H21N3O2/c1-4-9(2)11-5-7-12(8-6-11)16-10(3)13(18)17-14(15)19/h5-10,16H,4H2,1-3H3,(H3,15,17,18,19)/t9-,10+/m1/s1. The average Bonchev–Trinajstić information content (AvgIpc) is 2.37. The summed E-state index contributed by atoms with van der Waals surface area (Å²) in [7, 11) is 0. The second-order valence-electron chi connectivity index (χ2n) is 4.65. The highest BCUT2D eigenvalue weighted by atomic mass is 16.2. The van der Waals surface area contributed by atoms with Crippen LogP contribution < -0.4 is 16.4 Å². The van der Waals surface area contributed by atoms with Gasteiger partial charge >= 0.3 is 6.03 Å². The molecular formula is C14H21N3O2. The SMILES string of the molecule is CC[C@@H](C)c1ccc(N[C@@H](C)C(=O)NC(N)=O)cc1. The highest BCUT2D eigenvalue weighted by Crippen LogP contribution is 2.20. The van der Waals surface area contributed by atoms with Crippen molar-refractivity contribution >= 4 is 17.6 Å². The molecule has 0 spiro atoms. The molecular weight excluding hydrogens is 242 g/mol. The summed E-state index contributed by atoms with van der Waals surface area (Å²) < 4.78 is 0. The Bertz CT molecular complexity index is 443. The lowest BCUT2D eigenvalue weighted by atomic mass is 9.98. The van der Waals surface area contributed by atoms with Crippen LogP contribution in [-0.2, 0) is 4.79 Å². The summed E-state index contributed by atoms with van der Waals surface area (Å²) in [5.41, 5.74) is 6.99. The fourth-order valence-corrected chi connectivity index (χ4v) is 1.69. The lowest BCUT2D eigenvalue weighted by Crippen LogP contribution is -2.43. The summed E-state index contributed by atoms with van der Waals surface area (Å²) in [6, 6.07) is 6.56. The van der Waals surface area contributed by atoms with Gasteiger partial charge < -0.3 is 11.1 Å². The molecule has 0 aliphatic rings. The van der Waals surface area contributed by atoms with Gasteiger partial charge in [0.05, 0.1) is 0 Å². The van der Waals surface area contributed by atoms with Gasteiger partial charge in [-0.25, -0.2) is 4.79 Å². The molecule has 0 unspecified atom stereocenters. The molecule has 0 fully saturated rings. The predicted molar refractivity (Wildman–Crippen MR) is 76.0 cm³/mol. The Morgan fingerprint density at radius 3 is 2.26 bits per heavy atom. The summed E-state index contributed by atoms with van der Waals surface area (Å²) in [5.74, 6) is 0.0723. The van der Waals surface area contributed by atoms with E-state index < -0.39 is 18.0 Å². The number of anilines is 1. The number of amides is 3. The first kappa shape index (κ1) is 15.0. The number of carbonyl (C=O) groups is 2. The van der Waals surface area contributed by atoms with Crippen LogP contribution in [0.2, 0.25) is 0 Å². The minimum atomic E-state index is -0.842. The number of nitrogens with two attached hydrogens (primary N) is 1. The molecule has 19 heavy (non-hydrogen) atoms. The molecule has 1 rings (SSSR count). The molecule has 0 aliphatic heterocycles. The van der Waals surface area contributed by atoms with Gasteiger partial charge in [-0.05, 0) is 37.0 Å². The maximum absolute atomic E-state index is 11.5. The Morgan fingerprint density at radius 1 is 1.21 bits per heavy atom. The Morgan fingerprint density at radius 2 is 1.79 bits per heavy atom. The molecule has 5 heteroatoms. The van der Waals surface area contributed by atoms with Crippen molar-refractivity contribution in [1.82, 2.24) is 5.32 Å². The number of hydrogen-bond acceptors (Lipinski definition) is 3. The minimum absolute atomic E-state index is 0.446. The molecule has 1 aromatic rings. The largest absolute Gasteiger partial charge is 0.374 e. The molecule has 2 atom stereocenters. The summed E-state index contributed by atoms with van der Waals surface area (Å²) in [6.07, 6.45) is 1.09. The van der Waals surface area contributed by atoms with Crippen molar-refractivity contribution in [2.75, 3.05) is 5.32 Å². The van der Waals surface area contributed by atoms with Crippen molar-refractivity contribution in [1.29, 1.82) is 0 Å². The number of rotatable bonds is 5. The molecule has 0 aliphatic carbocycles. The van der Waals surface area contributed by atoms with Crippen LogP contribution in [0.15, 0.2) is 24.3 Å². The summed E-state index contributed by atoms with van der Waals surface area (Å²) in [4.78, 5) is 22.1. The van der Waals surface area contributed by atoms with Gasteiger partial charge in [-0.15, -0.1) is 0 Å². The Kier molecular flexibility index (Phi) is 5.36. The first-order valence-electron chi connectivity index (χ1n) is 6.40. The molecule has 0 saturated heterocycles. The van der Waals surface area contributed by atoms with E-state index in [-0.39, 0.29) is 0 Å². The third-order valence-electron chi connectivity index (χ3n) is 3.11. The third kappa shape index (κ3) is 4.62. The van der Waals surface area contributed by atoms with Crippen LogP contribution in [0.4, 0.5) is 10.5 Å². The van der Waals surface area contributed by atoms with E-state index in [9.17, 15) is 9.59 Å². The van der Waals surface area contributed by atoms with Crippen molar-refractivity contribution in [2.24, 2.45) is 5.73 Å². The van der Waals surface area contributed by atoms with Crippen LogP contribution in [0, 0.1) is 0 Å². The van der Waals surface area contributed by atoms with Crippen molar-refractivity contribution in [2.45, 2.75) is 39.2 Å². The van der Waals surface area contributed by atoms with Crippen LogP contribution in [0.1, 0.15) is 38.7 Å². The smallest absolute Gasteiger partial charge is 0.318 e. The van der Waals surface area contributed by atoms with E-state index in [1.54, 1.807) is 6.92 Å². The zero-order chi connectivity index (χ0) is 14.4. The number of nitrogens with one attached hydrogen (secondary N) is 2. The predicted octanol–water partition coefficient (Wildman–Crippen LogP) is 2.20. The topological polar surface area (TPSA) is 84.2 Å². The zero-order valence-electron chi connectivity index (χ0n) is 11.6. The summed E-state index contributed by atoms with van der Waals surface area (Å²) in [5, 5.41) is 5.05. The molecule has 0 bridgehead atoms. The van der Waals surface area contributed by atoms with E-state index in [0.717, 1.165) is 12.1 Å². The molecule has 1 aromatic carbocycles. The summed E-state index contributed by atoms with van der Waals surface area (Å²) >= 11 is 0. The van der Waals surface area contributed by atoms with Crippen LogP contribution in [0.3, 0.4) is 0 Å². The Balaban J connectivity index is 2.62. The lowest BCUT2D eigenvalue weighted by molar-refractivity contribution is -0.120. The molecule has 0 heterocycles. The Labute approximate surface area is 113 Å². The van der Waals surface area contributed by atoms with Gasteiger partial charge in [0.15, 0.2) is 0 Å². The molecule has 104 valence electrons. The van der Waals surface area contributed by atoms with Gasteiger partial charge in [0, 0.05) is 5.69 Å². The number of imide groups is 1. The van der Waals surface area contributed by atoms with Crippen LogP contribution in [0.5, 0.6) is 0 Å². The second kappa shape index (κ2) is 6.78. The van der Waals surface area contributed by atoms with Gasteiger partial charge in [-0.1, -0.05) is 26.0 Å². The van der Waals surface area contributed by atoms with Gasteiger partial charge in [0.25, 0.3) is 0 Å². The van der Waals surface area contributed by atoms with Crippen LogP contribution in [-0.4, -0.2) is 18.0 Å². The number of hydrogen-bond donors (Lipinski definition) is 3. The molecule has 0 saturated carbocycles. The van der Waals surface area contributed by atoms with E-state index >= 15 is 0 Å². The monoisotopic (exact) mass is 263 g/mol. The lowest BCUT2D eigenvalue weighted by Gasteiger charge is -2.15. The highest BCUT2D eigenvalue weighted by Gasteiger charge is 2.14. The number of primary amides is 1. The normalized spacial score (nSPS) is 13.4. The molecule has 3 amide bonds. The maximum atomic E-state index is 11.5. The van der Waals surface area contributed by atoms with Crippen molar-refractivity contribution in [3.05, 3.63) is 29.8 Å². The quantitative estimate of drug-likeness (QED) is 0.761. The van der Waals surface area contributed by atoms with Gasteiger partial charge in [0.2, 0.25) is 5.91 Å². The van der Waals surface area contributed by atoms with Crippen molar-refractivity contribution in [3.63, 3.8) is 0 Å². The maximum Gasteiger partial charge on any atom is 0.318 e. The van der Waals surface area contributed by atoms with Crippen molar-refractivity contribution in [3.8, 4) is 0 Å². The average molecular weight is 263 g/mol. The number of urea groups is 1. The number of benzene rings is 1. The van der Waals surface area contributed by atoms with E-state index in [4.69, 9.17) is 5.73 Å². The summed E-state index contributed by atoms with van der Waals surface area (Å²) in [6.45, 7) is 5.99. The molecule has 5 nitrogen and oxygen atoms in total. The third-order valence-corrected chi connectivity index (χ3v) is 3.11. The van der Waals surface area contributed by atoms with Gasteiger partial charge in [0.1, 0.15) is 6.04 Å². The van der Waals surface area contributed by atoms with Crippen LogP contribution in [0.25, 0.3) is 0 Å². The van der Waals surface area contributed by atoms with Crippen molar-refractivity contribution < 1.29 is 9.59 Å². The fourth-order valence-electron chi connectivity index (χ4n) is 1.69. The molecule has 0 aromatic heterocycles. The minimum Gasteiger partial charge on any atom is -0.374 e. The second-order valence-corrected chi connectivity index (χ2v) is 4.65. The Hall–Kier alpha value is -2.04. The highest BCUT2D eigenvalue weighted by molar-refractivity contribution is 5.97. The van der Waals surface area contributed by atoms with Gasteiger partial charge in [-0.3, -0.25) is 10.1 Å². The van der Waals surface area contributed by atoms with Crippen LogP contribution >= 0.6 is 0 Å².